The topological polar surface area (TPSA) is 38.7 Å². The van der Waals surface area contributed by atoms with Crippen molar-refractivity contribution in [1.82, 2.24) is 0 Å². The number of ether oxygens (including phenoxy) is 1. The van der Waals surface area contributed by atoms with Gasteiger partial charge in [0.2, 0.25) is 0 Å². The number of hydrogen-bond donors (Lipinski definition) is 0. The van der Waals surface area contributed by atoms with E-state index in [1.807, 2.05) is 6.07 Å². The zero-order valence-electron chi connectivity index (χ0n) is 7.65. The minimum atomic E-state index is -0.360. The van der Waals surface area contributed by atoms with E-state index in [0.717, 1.165) is 0 Å². The molecule has 0 aromatic heterocycles. The van der Waals surface area contributed by atoms with Crippen LogP contribution in [0, 0.1) is 0 Å². The average molecular weight is 177 g/mol. The van der Waals surface area contributed by atoms with Crippen molar-refractivity contribution >= 4 is 17.9 Å². The number of hydrogen-bond acceptors (Lipinski definition) is 3. The molecule has 0 bridgehead atoms. The average Bonchev–Trinajstić information content (AvgIpc) is 2.18. The predicted molar refractivity (Wildman–Crippen MR) is 51.6 cm³/mol. The predicted octanol–water partition coefficient (Wildman–Crippen LogP) is 2.20. The molecule has 1 rings (SSSR count). The molecule has 0 saturated carbocycles. The van der Waals surface area contributed by atoms with Crippen molar-refractivity contribution in [2.45, 2.75) is 6.92 Å². The molecule has 1 aromatic rings. The molecule has 3 heteroatoms. The third-order valence-electron chi connectivity index (χ3n) is 1.58. The van der Waals surface area contributed by atoms with Crippen LogP contribution in [-0.2, 0) is 4.74 Å². The summed E-state index contributed by atoms with van der Waals surface area (Å²) >= 11 is 0. The standard InChI is InChI=1S/C10H11NO2/c1-3-11-9-7-5-4-6-8(9)10(12)13-2/h3-7H,1-2H3. The molecule has 3 nitrogen and oxygen atoms in total. The fraction of sp³-hybridized carbons (Fsp3) is 0.200. The lowest BCUT2D eigenvalue weighted by molar-refractivity contribution is 0.0602. The number of aliphatic imine (C=N–C) groups is 1. The number of para-hydroxylation sites is 1. The van der Waals surface area contributed by atoms with Crippen molar-refractivity contribution < 1.29 is 9.53 Å². The van der Waals surface area contributed by atoms with E-state index in [1.165, 1.54) is 7.11 Å². The smallest absolute Gasteiger partial charge is 0.340 e. The van der Waals surface area contributed by atoms with Gasteiger partial charge in [0.25, 0.3) is 0 Å². The highest BCUT2D eigenvalue weighted by Crippen LogP contribution is 2.18. The summed E-state index contributed by atoms with van der Waals surface area (Å²) in [5.41, 5.74) is 1.12. The van der Waals surface area contributed by atoms with Crippen molar-refractivity contribution in [3.8, 4) is 0 Å². The first kappa shape index (κ1) is 9.45. The maximum Gasteiger partial charge on any atom is 0.340 e. The molecule has 0 radical (unpaired) electrons. The molecule has 13 heavy (non-hydrogen) atoms. The van der Waals surface area contributed by atoms with E-state index in [1.54, 1.807) is 31.3 Å². The number of methoxy groups -OCH3 is 1. The Bertz CT molecular complexity index is 331. The van der Waals surface area contributed by atoms with Crippen LogP contribution in [0.5, 0.6) is 0 Å². The summed E-state index contributed by atoms with van der Waals surface area (Å²) in [6.07, 6.45) is 1.64. The van der Waals surface area contributed by atoms with E-state index >= 15 is 0 Å². The Labute approximate surface area is 77.1 Å². The lowest BCUT2D eigenvalue weighted by atomic mass is 10.2. The SMILES string of the molecule is CC=Nc1ccccc1C(=O)OC. The molecule has 0 fully saturated rings. The first-order valence-corrected chi connectivity index (χ1v) is 3.95. The molecule has 0 saturated heterocycles. The number of nitrogens with zero attached hydrogens (tertiary/aromatic N) is 1. The second-order valence-corrected chi connectivity index (χ2v) is 2.40. The Morgan fingerprint density at radius 3 is 2.77 bits per heavy atom. The van der Waals surface area contributed by atoms with E-state index < -0.39 is 0 Å². The van der Waals surface area contributed by atoms with E-state index in [4.69, 9.17) is 0 Å². The van der Waals surface area contributed by atoms with Crippen molar-refractivity contribution in [1.29, 1.82) is 0 Å². The third-order valence-corrected chi connectivity index (χ3v) is 1.58. The van der Waals surface area contributed by atoms with Gasteiger partial charge >= 0.3 is 5.97 Å². The summed E-state index contributed by atoms with van der Waals surface area (Å²) < 4.78 is 4.61. The Morgan fingerprint density at radius 2 is 2.15 bits per heavy atom. The highest BCUT2D eigenvalue weighted by atomic mass is 16.5. The highest BCUT2D eigenvalue weighted by Gasteiger charge is 2.08. The summed E-state index contributed by atoms with van der Waals surface area (Å²) in [5, 5.41) is 0. The Balaban J connectivity index is 3.11. The largest absolute Gasteiger partial charge is 0.465 e. The third kappa shape index (κ3) is 2.15. The quantitative estimate of drug-likeness (QED) is 0.513. The molecule has 0 heterocycles. The van der Waals surface area contributed by atoms with Gasteiger partial charge < -0.3 is 4.74 Å². The molecule has 68 valence electrons. The van der Waals surface area contributed by atoms with Gasteiger partial charge in [0.15, 0.2) is 0 Å². The van der Waals surface area contributed by atoms with Crippen LogP contribution in [0.3, 0.4) is 0 Å². The minimum Gasteiger partial charge on any atom is -0.465 e. The molecule has 0 amide bonds. The van der Waals surface area contributed by atoms with Gasteiger partial charge in [-0.25, -0.2) is 4.79 Å². The van der Waals surface area contributed by atoms with Gasteiger partial charge in [0, 0.05) is 6.21 Å². The van der Waals surface area contributed by atoms with Gasteiger partial charge in [-0.3, -0.25) is 4.99 Å². The first-order chi connectivity index (χ1) is 6.29. The lowest BCUT2D eigenvalue weighted by Gasteiger charge is -2.01. The number of carbonyl (C=O) groups excluding carboxylic acids is 1. The fourth-order valence-electron chi connectivity index (χ4n) is 1.01. The number of esters is 1. The van der Waals surface area contributed by atoms with E-state index in [2.05, 4.69) is 9.73 Å². The molecule has 0 aliphatic rings. The molecule has 0 aliphatic heterocycles. The van der Waals surface area contributed by atoms with E-state index in [-0.39, 0.29) is 5.97 Å². The van der Waals surface area contributed by atoms with Crippen LogP contribution in [0.25, 0.3) is 0 Å². The van der Waals surface area contributed by atoms with Crippen LogP contribution in [0.2, 0.25) is 0 Å². The minimum absolute atomic E-state index is 0.360. The Kier molecular flexibility index (Phi) is 3.20. The van der Waals surface area contributed by atoms with Crippen molar-refractivity contribution in [2.75, 3.05) is 7.11 Å². The van der Waals surface area contributed by atoms with Crippen LogP contribution >= 0.6 is 0 Å². The zero-order chi connectivity index (χ0) is 9.68. The normalized spacial score (nSPS) is 10.3. The first-order valence-electron chi connectivity index (χ1n) is 3.95. The van der Waals surface area contributed by atoms with Crippen LogP contribution in [0.1, 0.15) is 17.3 Å². The molecular formula is C10H11NO2. The Hall–Kier alpha value is -1.64. The van der Waals surface area contributed by atoms with Crippen LogP contribution in [0.4, 0.5) is 5.69 Å². The summed E-state index contributed by atoms with van der Waals surface area (Å²) in [6.45, 7) is 1.80. The van der Waals surface area contributed by atoms with Crippen molar-refractivity contribution in [3.05, 3.63) is 29.8 Å². The summed E-state index contributed by atoms with van der Waals surface area (Å²) in [7, 11) is 1.36. The summed E-state index contributed by atoms with van der Waals surface area (Å²) in [4.78, 5) is 15.3. The zero-order valence-corrected chi connectivity index (χ0v) is 7.65. The second-order valence-electron chi connectivity index (χ2n) is 2.40. The van der Waals surface area contributed by atoms with Crippen LogP contribution < -0.4 is 0 Å². The van der Waals surface area contributed by atoms with Gasteiger partial charge in [0.1, 0.15) is 0 Å². The van der Waals surface area contributed by atoms with Gasteiger partial charge in [-0.1, -0.05) is 12.1 Å². The molecule has 0 N–H and O–H groups in total. The fourth-order valence-corrected chi connectivity index (χ4v) is 1.01. The number of benzene rings is 1. The molecule has 0 aliphatic carbocycles. The maximum atomic E-state index is 11.2. The second kappa shape index (κ2) is 4.40. The summed E-state index contributed by atoms with van der Waals surface area (Å²) in [6, 6.07) is 7.07. The van der Waals surface area contributed by atoms with Crippen LogP contribution in [0.15, 0.2) is 29.3 Å². The molecule has 0 unspecified atom stereocenters. The lowest BCUT2D eigenvalue weighted by Crippen LogP contribution is -2.00. The van der Waals surface area contributed by atoms with Gasteiger partial charge in [-0.15, -0.1) is 0 Å². The van der Waals surface area contributed by atoms with Crippen LogP contribution in [-0.4, -0.2) is 19.3 Å². The van der Waals surface area contributed by atoms with Gasteiger partial charge in [-0.2, -0.15) is 0 Å². The van der Waals surface area contributed by atoms with Crippen molar-refractivity contribution in [3.63, 3.8) is 0 Å². The van der Waals surface area contributed by atoms with E-state index in [9.17, 15) is 4.79 Å². The molecule has 1 aromatic carbocycles. The van der Waals surface area contributed by atoms with Gasteiger partial charge in [-0.05, 0) is 19.1 Å². The Morgan fingerprint density at radius 1 is 1.46 bits per heavy atom. The molecule has 0 atom stereocenters. The summed E-state index contributed by atoms with van der Waals surface area (Å²) in [5.74, 6) is -0.360. The highest BCUT2D eigenvalue weighted by molar-refractivity contribution is 5.95. The number of rotatable bonds is 2. The maximum absolute atomic E-state index is 11.2. The van der Waals surface area contributed by atoms with Crippen molar-refractivity contribution in [2.24, 2.45) is 4.99 Å². The molecular weight excluding hydrogens is 166 g/mol. The molecule has 0 spiro atoms. The number of carbonyl (C=O) groups is 1. The van der Waals surface area contributed by atoms with E-state index in [0.29, 0.717) is 11.3 Å². The monoisotopic (exact) mass is 177 g/mol. The van der Waals surface area contributed by atoms with Gasteiger partial charge in [0.05, 0.1) is 18.4 Å².